The predicted octanol–water partition coefficient (Wildman–Crippen LogP) is 1.94. The summed E-state index contributed by atoms with van der Waals surface area (Å²) in [5.74, 6) is 1.56. The second-order valence-corrected chi connectivity index (χ2v) is 3.94. The molecule has 0 aliphatic rings. The number of thiol groups is 1. The van der Waals surface area contributed by atoms with Crippen LogP contribution in [0.15, 0.2) is 12.1 Å². The molecule has 3 nitrogen and oxygen atoms in total. The highest BCUT2D eigenvalue weighted by molar-refractivity contribution is 7.80. The van der Waals surface area contributed by atoms with Crippen molar-refractivity contribution in [2.75, 3.05) is 20.8 Å². The molecule has 0 saturated carbocycles. The van der Waals surface area contributed by atoms with E-state index in [2.05, 4.69) is 12.6 Å². The second-order valence-electron chi connectivity index (χ2n) is 3.31. The molecule has 0 aliphatic heterocycles. The van der Waals surface area contributed by atoms with E-state index in [9.17, 15) is 0 Å². The van der Waals surface area contributed by atoms with Crippen LogP contribution in [0.4, 0.5) is 0 Å². The molecule has 1 aromatic carbocycles. The highest BCUT2D eigenvalue weighted by atomic mass is 32.1. The smallest absolute Gasteiger partial charge is 0.127 e. The third kappa shape index (κ3) is 2.58. The zero-order valence-corrected chi connectivity index (χ0v) is 10.2. The molecule has 1 atom stereocenters. The van der Waals surface area contributed by atoms with Crippen LogP contribution < -0.4 is 15.2 Å². The van der Waals surface area contributed by atoms with Gasteiger partial charge in [0.15, 0.2) is 0 Å². The van der Waals surface area contributed by atoms with Crippen LogP contribution in [-0.4, -0.2) is 20.8 Å². The number of benzene rings is 1. The van der Waals surface area contributed by atoms with Gasteiger partial charge < -0.3 is 15.2 Å². The van der Waals surface area contributed by atoms with E-state index >= 15 is 0 Å². The molecule has 0 radical (unpaired) electrons. The van der Waals surface area contributed by atoms with Crippen LogP contribution in [0.5, 0.6) is 11.5 Å². The van der Waals surface area contributed by atoms with Crippen molar-refractivity contribution in [1.29, 1.82) is 0 Å². The number of nitrogens with two attached hydrogens (primary N) is 1. The number of aryl methyl sites for hydroxylation is 1. The van der Waals surface area contributed by atoms with Crippen molar-refractivity contribution in [2.45, 2.75) is 12.2 Å². The maximum absolute atomic E-state index is 5.60. The molecular formula is C11H17NO2S. The summed E-state index contributed by atoms with van der Waals surface area (Å²) in [6.45, 7) is 2.48. The number of rotatable bonds is 4. The molecule has 0 fully saturated rings. The molecular weight excluding hydrogens is 210 g/mol. The highest BCUT2D eigenvalue weighted by Crippen LogP contribution is 2.35. The average Bonchev–Trinajstić information content (AvgIpc) is 2.26. The molecule has 0 aromatic heterocycles. The normalized spacial score (nSPS) is 12.3. The van der Waals surface area contributed by atoms with Crippen molar-refractivity contribution in [1.82, 2.24) is 0 Å². The van der Waals surface area contributed by atoms with Crippen LogP contribution in [0.3, 0.4) is 0 Å². The molecule has 84 valence electrons. The molecule has 1 rings (SSSR count). The van der Waals surface area contributed by atoms with Gasteiger partial charge in [-0.3, -0.25) is 0 Å². The van der Waals surface area contributed by atoms with Gasteiger partial charge in [-0.1, -0.05) is 0 Å². The fourth-order valence-electron chi connectivity index (χ4n) is 1.57. The van der Waals surface area contributed by atoms with Crippen molar-refractivity contribution in [3.8, 4) is 11.5 Å². The molecule has 0 bridgehead atoms. The SMILES string of the molecule is COc1cc(C)c(C(S)CN)c(OC)c1. The van der Waals surface area contributed by atoms with Crippen LogP contribution >= 0.6 is 12.6 Å². The highest BCUT2D eigenvalue weighted by Gasteiger charge is 2.15. The van der Waals surface area contributed by atoms with E-state index in [1.54, 1.807) is 14.2 Å². The van der Waals surface area contributed by atoms with Crippen LogP contribution in [0.25, 0.3) is 0 Å². The lowest BCUT2D eigenvalue weighted by Crippen LogP contribution is -2.10. The van der Waals surface area contributed by atoms with Gasteiger partial charge in [0.2, 0.25) is 0 Å². The van der Waals surface area contributed by atoms with Gasteiger partial charge in [-0.25, -0.2) is 0 Å². The maximum atomic E-state index is 5.60. The van der Waals surface area contributed by atoms with Crippen LogP contribution in [-0.2, 0) is 0 Å². The Hall–Kier alpha value is -0.870. The van der Waals surface area contributed by atoms with Crippen molar-refractivity contribution < 1.29 is 9.47 Å². The van der Waals surface area contributed by atoms with Crippen LogP contribution in [0, 0.1) is 6.92 Å². The third-order valence-electron chi connectivity index (χ3n) is 2.33. The standard InChI is InChI=1S/C11H17NO2S/c1-7-4-8(13-2)5-9(14-3)11(7)10(15)6-12/h4-5,10,15H,6,12H2,1-3H3. The number of ether oxygens (including phenoxy) is 2. The van der Waals surface area contributed by atoms with E-state index < -0.39 is 0 Å². The molecule has 0 amide bonds. The summed E-state index contributed by atoms with van der Waals surface area (Å²) < 4.78 is 10.5. The van der Waals surface area contributed by atoms with Crippen molar-refractivity contribution in [3.63, 3.8) is 0 Å². The van der Waals surface area contributed by atoms with Gasteiger partial charge in [0.05, 0.1) is 14.2 Å². The Bertz CT molecular complexity index is 342. The fraction of sp³-hybridized carbons (Fsp3) is 0.455. The van der Waals surface area contributed by atoms with Gasteiger partial charge in [0.25, 0.3) is 0 Å². The third-order valence-corrected chi connectivity index (χ3v) is 2.80. The first-order chi connectivity index (χ1) is 7.13. The molecule has 2 N–H and O–H groups in total. The Morgan fingerprint density at radius 1 is 1.33 bits per heavy atom. The average molecular weight is 227 g/mol. The van der Waals surface area contributed by atoms with Crippen molar-refractivity contribution in [2.24, 2.45) is 5.73 Å². The lowest BCUT2D eigenvalue weighted by Gasteiger charge is -2.17. The minimum Gasteiger partial charge on any atom is -0.497 e. The quantitative estimate of drug-likeness (QED) is 0.773. The molecule has 0 saturated heterocycles. The lowest BCUT2D eigenvalue weighted by atomic mass is 10.0. The Labute approximate surface area is 96.0 Å². The minimum absolute atomic E-state index is 0.00847. The Morgan fingerprint density at radius 3 is 2.47 bits per heavy atom. The topological polar surface area (TPSA) is 44.5 Å². The van der Waals surface area contributed by atoms with Crippen molar-refractivity contribution >= 4 is 12.6 Å². The van der Waals surface area contributed by atoms with E-state index in [0.29, 0.717) is 6.54 Å². The molecule has 0 aliphatic carbocycles. The van der Waals surface area contributed by atoms with E-state index in [-0.39, 0.29) is 5.25 Å². The fourth-order valence-corrected chi connectivity index (χ4v) is 1.90. The van der Waals surface area contributed by atoms with E-state index in [4.69, 9.17) is 15.2 Å². The number of methoxy groups -OCH3 is 2. The summed E-state index contributed by atoms with van der Waals surface area (Å²) in [7, 11) is 3.27. The lowest BCUT2D eigenvalue weighted by molar-refractivity contribution is 0.390. The van der Waals surface area contributed by atoms with Gasteiger partial charge in [-0.2, -0.15) is 12.6 Å². The monoisotopic (exact) mass is 227 g/mol. The number of hydrogen-bond donors (Lipinski definition) is 2. The van der Waals surface area contributed by atoms with E-state index in [0.717, 1.165) is 22.6 Å². The van der Waals surface area contributed by atoms with Gasteiger partial charge >= 0.3 is 0 Å². The first kappa shape index (κ1) is 12.2. The molecule has 15 heavy (non-hydrogen) atoms. The first-order valence-electron chi connectivity index (χ1n) is 4.74. The van der Waals surface area contributed by atoms with Gasteiger partial charge in [-0.15, -0.1) is 0 Å². The first-order valence-corrected chi connectivity index (χ1v) is 5.26. The minimum atomic E-state index is -0.00847. The zero-order valence-electron chi connectivity index (χ0n) is 9.28. The summed E-state index contributed by atoms with van der Waals surface area (Å²) in [6.07, 6.45) is 0. The largest absolute Gasteiger partial charge is 0.497 e. The summed E-state index contributed by atoms with van der Waals surface area (Å²) >= 11 is 4.43. The predicted molar refractivity (Wildman–Crippen MR) is 65.1 cm³/mol. The summed E-state index contributed by atoms with van der Waals surface area (Å²) in [6, 6.07) is 3.80. The van der Waals surface area contributed by atoms with Crippen LogP contribution in [0.1, 0.15) is 16.4 Å². The Kier molecular flexibility index (Phi) is 4.29. The molecule has 0 heterocycles. The van der Waals surface area contributed by atoms with Gasteiger partial charge in [-0.05, 0) is 18.6 Å². The zero-order chi connectivity index (χ0) is 11.4. The summed E-state index contributed by atoms with van der Waals surface area (Å²) in [4.78, 5) is 0. The Balaban J connectivity index is 3.24. The molecule has 4 heteroatoms. The second kappa shape index (κ2) is 5.28. The summed E-state index contributed by atoms with van der Waals surface area (Å²) in [5.41, 5.74) is 7.72. The molecule has 1 unspecified atom stereocenters. The molecule has 1 aromatic rings. The van der Waals surface area contributed by atoms with Gasteiger partial charge in [0.1, 0.15) is 11.5 Å². The molecule has 0 spiro atoms. The Morgan fingerprint density at radius 2 is 2.00 bits per heavy atom. The summed E-state index contributed by atoms with van der Waals surface area (Å²) in [5, 5.41) is -0.00847. The number of hydrogen-bond acceptors (Lipinski definition) is 4. The van der Waals surface area contributed by atoms with E-state index in [1.807, 2.05) is 19.1 Å². The van der Waals surface area contributed by atoms with Crippen LogP contribution in [0.2, 0.25) is 0 Å². The maximum Gasteiger partial charge on any atom is 0.127 e. The van der Waals surface area contributed by atoms with E-state index in [1.165, 1.54) is 0 Å². The van der Waals surface area contributed by atoms with Crippen molar-refractivity contribution in [3.05, 3.63) is 23.3 Å². The van der Waals surface area contributed by atoms with Gasteiger partial charge in [0, 0.05) is 23.4 Å².